The normalized spacial score (nSPS) is 12.0. The van der Waals surface area contributed by atoms with Gasteiger partial charge in [0.15, 0.2) is 0 Å². The van der Waals surface area contributed by atoms with Gasteiger partial charge < -0.3 is 0 Å². The lowest BCUT2D eigenvalue weighted by atomic mass is 9.93. The maximum absolute atomic E-state index is 12.0. The Morgan fingerprint density at radius 1 is 0.852 bits per heavy atom. The molecular weight excluding hydrogens is 354 g/mol. The molecule has 0 saturated carbocycles. The summed E-state index contributed by atoms with van der Waals surface area (Å²) in [7, 11) is 2.03. The molecule has 3 aromatic carbocycles. The Labute approximate surface area is 165 Å². The van der Waals surface area contributed by atoms with E-state index in [4.69, 9.17) is 11.6 Å². The van der Waals surface area contributed by atoms with Crippen molar-refractivity contribution in [1.82, 2.24) is 4.90 Å². The fourth-order valence-corrected chi connectivity index (χ4v) is 3.30. The molecule has 0 aliphatic heterocycles. The molecule has 0 N–H and O–H groups in total. The van der Waals surface area contributed by atoms with Gasteiger partial charge in [-0.05, 0) is 41.4 Å². The lowest BCUT2D eigenvalue weighted by Crippen LogP contribution is -2.22. The lowest BCUT2D eigenvalue weighted by Gasteiger charge is -2.20. The summed E-state index contributed by atoms with van der Waals surface area (Å²) < 4.78 is 0. The number of aldehydes is 1. The number of rotatable bonds is 7. The fourth-order valence-electron chi connectivity index (χ4n) is 3.18. The Balaban J connectivity index is 1.97. The highest BCUT2D eigenvalue weighted by Gasteiger charge is 2.14. The Kier molecular flexibility index (Phi) is 6.59. The number of hydrogen-bond acceptors (Lipinski definition) is 2. The van der Waals surface area contributed by atoms with Crippen molar-refractivity contribution in [2.24, 2.45) is 0 Å². The molecule has 0 aliphatic rings. The third kappa shape index (κ3) is 5.16. The molecular formula is C24H22ClNO. The molecule has 0 amide bonds. The van der Waals surface area contributed by atoms with Gasteiger partial charge in [-0.1, -0.05) is 84.4 Å². The third-order valence-corrected chi connectivity index (χ3v) is 4.65. The van der Waals surface area contributed by atoms with Crippen LogP contribution >= 0.6 is 11.6 Å². The largest absolute Gasteiger partial charge is 0.298 e. The quantitative estimate of drug-likeness (QED) is 0.403. The minimum absolute atomic E-state index is 0.561. The first-order chi connectivity index (χ1) is 13.2. The van der Waals surface area contributed by atoms with Gasteiger partial charge in [-0.15, -0.1) is 0 Å². The smallest absolute Gasteiger partial charge is 0.147 e. The molecule has 3 aromatic rings. The summed E-state index contributed by atoms with van der Waals surface area (Å²) in [5.74, 6) is 0. The Hall–Kier alpha value is -2.68. The van der Waals surface area contributed by atoms with E-state index in [1.807, 2.05) is 79.8 Å². The second kappa shape index (κ2) is 9.31. The molecule has 0 saturated heterocycles. The van der Waals surface area contributed by atoms with Crippen LogP contribution < -0.4 is 0 Å². The third-order valence-electron chi connectivity index (χ3n) is 4.39. The number of carbonyl (C=O) groups is 1. The van der Waals surface area contributed by atoms with Crippen molar-refractivity contribution < 1.29 is 4.79 Å². The van der Waals surface area contributed by atoms with Crippen molar-refractivity contribution in [1.29, 1.82) is 0 Å². The van der Waals surface area contributed by atoms with Crippen LogP contribution in [0.2, 0.25) is 5.02 Å². The number of likely N-dealkylation sites (N-methyl/N-ethyl adjacent to an activating group) is 1. The standard InChI is InChI=1S/C24H22ClNO/c1-26(16-19-8-4-2-5-9-19)17-22(18-27)24(20-10-6-3-7-11-20)21-12-14-23(25)15-13-21/h2-15,18H,16-17H2,1H3/b24-22+. The van der Waals surface area contributed by atoms with E-state index in [9.17, 15) is 4.79 Å². The summed E-state index contributed by atoms with van der Waals surface area (Å²) in [6, 6.07) is 27.9. The zero-order valence-electron chi connectivity index (χ0n) is 15.3. The minimum atomic E-state index is 0.561. The van der Waals surface area contributed by atoms with E-state index >= 15 is 0 Å². The molecule has 0 aliphatic carbocycles. The van der Waals surface area contributed by atoms with Crippen LogP contribution in [0.4, 0.5) is 0 Å². The summed E-state index contributed by atoms with van der Waals surface area (Å²) in [4.78, 5) is 14.2. The molecule has 0 fully saturated rings. The molecule has 136 valence electrons. The van der Waals surface area contributed by atoms with Crippen molar-refractivity contribution in [2.45, 2.75) is 6.54 Å². The highest BCUT2D eigenvalue weighted by Crippen LogP contribution is 2.28. The predicted octanol–water partition coefficient (Wildman–Crippen LogP) is 5.47. The number of carbonyl (C=O) groups excluding carboxylic acids is 1. The number of hydrogen-bond donors (Lipinski definition) is 0. The monoisotopic (exact) mass is 375 g/mol. The van der Waals surface area contributed by atoms with Gasteiger partial charge >= 0.3 is 0 Å². The summed E-state index contributed by atoms with van der Waals surface area (Å²) in [5, 5.41) is 0.681. The van der Waals surface area contributed by atoms with Crippen molar-refractivity contribution >= 4 is 23.5 Å². The van der Waals surface area contributed by atoms with Crippen molar-refractivity contribution in [2.75, 3.05) is 13.6 Å². The Morgan fingerprint density at radius 2 is 1.41 bits per heavy atom. The molecule has 0 spiro atoms. The van der Waals surface area contributed by atoms with Crippen LogP contribution in [-0.2, 0) is 11.3 Å². The topological polar surface area (TPSA) is 20.3 Å². The van der Waals surface area contributed by atoms with Crippen LogP contribution in [0.15, 0.2) is 90.5 Å². The molecule has 0 heterocycles. The van der Waals surface area contributed by atoms with E-state index < -0.39 is 0 Å². The Bertz CT molecular complexity index is 902. The molecule has 27 heavy (non-hydrogen) atoms. The number of benzene rings is 3. The zero-order chi connectivity index (χ0) is 19.1. The Morgan fingerprint density at radius 3 is 2.00 bits per heavy atom. The van der Waals surface area contributed by atoms with Crippen molar-refractivity contribution in [3.05, 3.63) is 112 Å². The van der Waals surface area contributed by atoms with Crippen LogP contribution in [-0.4, -0.2) is 24.8 Å². The van der Waals surface area contributed by atoms with Crippen molar-refractivity contribution in [3.8, 4) is 0 Å². The maximum Gasteiger partial charge on any atom is 0.147 e. The highest BCUT2D eigenvalue weighted by molar-refractivity contribution is 6.30. The van der Waals surface area contributed by atoms with E-state index in [0.717, 1.165) is 35.1 Å². The average Bonchev–Trinajstić information content (AvgIpc) is 2.70. The first kappa shape index (κ1) is 19.1. The SMILES string of the molecule is CN(C/C(C=O)=C(/c1ccccc1)c1ccc(Cl)cc1)Cc1ccccc1. The summed E-state index contributed by atoms with van der Waals surface area (Å²) >= 11 is 6.06. The van der Waals surface area contributed by atoms with E-state index in [1.165, 1.54) is 5.56 Å². The molecule has 2 nitrogen and oxygen atoms in total. The van der Waals surface area contributed by atoms with Gasteiger partial charge in [-0.25, -0.2) is 0 Å². The molecule has 0 radical (unpaired) electrons. The second-order valence-corrected chi connectivity index (χ2v) is 6.99. The van der Waals surface area contributed by atoms with Gasteiger partial charge in [0.1, 0.15) is 6.29 Å². The van der Waals surface area contributed by atoms with E-state index in [2.05, 4.69) is 17.0 Å². The summed E-state index contributed by atoms with van der Waals surface area (Å²) in [6.07, 6.45) is 0.971. The van der Waals surface area contributed by atoms with Crippen LogP contribution in [0.5, 0.6) is 0 Å². The summed E-state index contributed by atoms with van der Waals surface area (Å²) in [5.41, 5.74) is 4.93. The molecule has 0 atom stereocenters. The highest BCUT2D eigenvalue weighted by atomic mass is 35.5. The second-order valence-electron chi connectivity index (χ2n) is 6.55. The molecule has 0 aromatic heterocycles. The van der Waals surface area contributed by atoms with Crippen LogP contribution in [0.3, 0.4) is 0 Å². The maximum atomic E-state index is 12.0. The van der Waals surface area contributed by atoms with E-state index in [0.29, 0.717) is 11.6 Å². The van der Waals surface area contributed by atoms with Crippen LogP contribution in [0.25, 0.3) is 5.57 Å². The summed E-state index contributed by atoms with van der Waals surface area (Å²) in [6.45, 7) is 1.34. The van der Waals surface area contributed by atoms with Crippen molar-refractivity contribution in [3.63, 3.8) is 0 Å². The van der Waals surface area contributed by atoms with Gasteiger partial charge in [0.05, 0.1) is 0 Å². The van der Waals surface area contributed by atoms with Gasteiger partial charge in [0.2, 0.25) is 0 Å². The van der Waals surface area contributed by atoms with Gasteiger partial charge in [-0.2, -0.15) is 0 Å². The van der Waals surface area contributed by atoms with Crippen LogP contribution in [0.1, 0.15) is 16.7 Å². The van der Waals surface area contributed by atoms with Gasteiger partial charge in [-0.3, -0.25) is 9.69 Å². The predicted molar refractivity (Wildman–Crippen MR) is 113 cm³/mol. The first-order valence-electron chi connectivity index (χ1n) is 8.89. The zero-order valence-corrected chi connectivity index (χ0v) is 16.1. The minimum Gasteiger partial charge on any atom is -0.298 e. The van der Waals surface area contributed by atoms with Crippen LogP contribution in [0, 0.1) is 0 Å². The molecule has 3 rings (SSSR count). The molecule has 0 bridgehead atoms. The number of halogens is 1. The van der Waals surface area contributed by atoms with Gasteiger partial charge in [0, 0.05) is 23.7 Å². The first-order valence-corrected chi connectivity index (χ1v) is 9.27. The molecule has 3 heteroatoms. The molecule has 0 unspecified atom stereocenters. The lowest BCUT2D eigenvalue weighted by molar-refractivity contribution is -0.105. The average molecular weight is 376 g/mol. The van der Waals surface area contributed by atoms with E-state index in [1.54, 1.807) is 0 Å². The fraction of sp³-hybridized carbons (Fsp3) is 0.125. The van der Waals surface area contributed by atoms with E-state index in [-0.39, 0.29) is 0 Å². The van der Waals surface area contributed by atoms with Gasteiger partial charge in [0.25, 0.3) is 0 Å². The number of nitrogens with zero attached hydrogens (tertiary/aromatic N) is 1.